The Labute approximate surface area is 164 Å². The minimum atomic E-state index is -0.261. The number of amides is 1. The van der Waals surface area contributed by atoms with Crippen LogP contribution < -0.4 is 10.6 Å². The van der Waals surface area contributed by atoms with E-state index in [1.807, 2.05) is 6.07 Å². The Morgan fingerprint density at radius 2 is 2.14 bits per heavy atom. The Balaban J connectivity index is 1.28. The molecule has 0 saturated carbocycles. The monoisotopic (exact) mass is 386 g/mol. The average molecular weight is 386 g/mol. The van der Waals surface area contributed by atoms with Crippen LogP contribution in [0.25, 0.3) is 11.3 Å². The van der Waals surface area contributed by atoms with Crippen molar-refractivity contribution in [3.05, 3.63) is 41.9 Å². The smallest absolute Gasteiger partial charge is 0.237 e. The molecule has 2 unspecified atom stereocenters. The van der Waals surface area contributed by atoms with E-state index in [2.05, 4.69) is 20.7 Å². The summed E-state index contributed by atoms with van der Waals surface area (Å²) in [6.45, 7) is 4.31. The van der Waals surface area contributed by atoms with Crippen LogP contribution in [0.3, 0.4) is 0 Å². The van der Waals surface area contributed by atoms with Crippen LogP contribution in [-0.4, -0.2) is 48.2 Å². The van der Waals surface area contributed by atoms with Crippen molar-refractivity contribution in [3.8, 4) is 11.3 Å². The normalized spacial score (nSPS) is 23.0. The molecule has 2 aliphatic rings. The van der Waals surface area contributed by atoms with E-state index in [-0.39, 0.29) is 17.8 Å². The number of carbonyl (C=O) groups is 1. The zero-order valence-electron chi connectivity index (χ0n) is 16.0. The summed E-state index contributed by atoms with van der Waals surface area (Å²) in [5, 5.41) is 10.5. The van der Waals surface area contributed by atoms with E-state index >= 15 is 0 Å². The maximum atomic E-state index is 13.1. The van der Waals surface area contributed by atoms with Crippen molar-refractivity contribution in [3.63, 3.8) is 0 Å². The van der Waals surface area contributed by atoms with Crippen LogP contribution in [0.2, 0.25) is 0 Å². The molecule has 1 aromatic carbocycles. The van der Waals surface area contributed by atoms with Gasteiger partial charge in [0, 0.05) is 24.7 Å². The third-order valence-corrected chi connectivity index (χ3v) is 5.62. The number of halogens is 1. The number of nitrogens with zero attached hydrogens (tertiary/aromatic N) is 2. The van der Waals surface area contributed by atoms with Gasteiger partial charge in [-0.1, -0.05) is 5.16 Å². The van der Waals surface area contributed by atoms with Gasteiger partial charge in [-0.3, -0.25) is 9.69 Å². The van der Waals surface area contributed by atoms with Gasteiger partial charge < -0.3 is 15.2 Å². The molecule has 0 radical (unpaired) electrons. The Kier molecular flexibility index (Phi) is 6.02. The Hall–Kier alpha value is -2.25. The molecule has 2 aliphatic heterocycles. The van der Waals surface area contributed by atoms with E-state index in [0.29, 0.717) is 12.5 Å². The van der Waals surface area contributed by atoms with Gasteiger partial charge in [-0.25, -0.2) is 4.39 Å². The number of nitrogens with one attached hydrogen (secondary N) is 2. The number of likely N-dealkylation sites (tertiary alicyclic amines) is 1. The molecule has 2 aromatic rings. The minimum absolute atomic E-state index is 0.0150. The van der Waals surface area contributed by atoms with Crippen LogP contribution in [0.5, 0.6) is 0 Å². The van der Waals surface area contributed by atoms with Crippen molar-refractivity contribution in [2.45, 2.75) is 38.3 Å². The fourth-order valence-corrected chi connectivity index (χ4v) is 4.10. The largest absolute Gasteiger partial charge is 0.359 e. The minimum Gasteiger partial charge on any atom is -0.359 e. The fourth-order valence-electron chi connectivity index (χ4n) is 4.10. The first-order valence-electron chi connectivity index (χ1n) is 10.1. The zero-order valence-corrected chi connectivity index (χ0v) is 16.0. The number of aromatic nitrogens is 1. The van der Waals surface area contributed by atoms with Crippen molar-refractivity contribution in [2.75, 3.05) is 26.2 Å². The summed E-state index contributed by atoms with van der Waals surface area (Å²) in [5.41, 5.74) is 1.57. The van der Waals surface area contributed by atoms with Crippen LogP contribution in [0.1, 0.15) is 31.4 Å². The van der Waals surface area contributed by atoms with Gasteiger partial charge in [0.15, 0.2) is 5.76 Å². The number of piperidine rings is 1. The molecule has 0 spiro atoms. The highest BCUT2D eigenvalue weighted by atomic mass is 19.1. The highest BCUT2D eigenvalue weighted by Crippen LogP contribution is 2.22. The number of hydrogen-bond donors (Lipinski definition) is 2. The van der Waals surface area contributed by atoms with Crippen molar-refractivity contribution in [1.82, 2.24) is 20.7 Å². The highest BCUT2D eigenvalue weighted by molar-refractivity contribution is 5.81. The zero-order chi connectivity index (χ0) is 19.3. The van der Waals surface area contributed by atoms with Crippen LogP contribution in [0.15, 0.2) is 34.9 Å². The lowest BCUT2D eigenvalue weighted by molar-refractivity contribution is -0.123. The van der Waals surface area contributed by atoms with Crippen LogP contribution >= 0.6 is 0 Å². The van der Waals surface area contributed by atoms with E-state index in [1.165, 1.54) is 12.1 Å². The maximum Gasteiger partial charge on any atom is 0.237 e. The fraction of sp³-hybridized carbons (Fsp3) is 0.524. The predicted octanol–water partition coefficient (Wildman–Crippen LogP) is 2.56. The summed E-state index contributed by atoms with van der Waals surface area (Å²) < 4.78 is 18.6. The number of benzene rings is 1. The first-order valence-corrected chi connectivity index (χ1v) is 10.1. The number of carbonyl (C=O) groups excluding carboxylic acids is 1. The second kappa shape index (κ2) is 8.84. The molecule has 0 bridgehead atoms. The number of rotatable bonds is 6. The van der Waals surface area contributed by atoms with Crippen molar-refractivity contribution >= 4 is 5.91 Å². The Bertz CT molecular complexity index is 786. The topological polar surface area (TPSA) is 70.4 Å². The summed E-state index contributed by atoms with van der Waals surface area (Å²) in [6, 6.07) is 8.16. The average Bonchev–Trinajstić information content (AvgIpc) is 3.39. The summed E-state index contributed by atoms with van der Waals surface area (Å²) >= 11 is 0. The molecule has 7 heteroatoms. The lowest BCUT2D eigenvalue weighted by atomic mass is 9.97. The maximum absolute atomic E-state index is 13.1. The van der Waals surface area contributed by atoms with Gasteiger partial charge in [0.05, 0.1) is 12.6 Å². The molecule has 2 atom stereocenters. The molecule has 1 amide bonds. The molecule has 4 rings (SSSR count). The van der Waals surface area contributed by atoms with E-state index in [0.717, 1.165) is 68.9 Å². The molecule has 1 aromatic heterocycles. The summed E-state index contributed by atoms with van der Waals surface area (Å²) in [6.07, 6.45) is 4.25. The first-order chi connectivity index (χ1) is 13.7. The van der Waals surface area contributed by atoms with Gasteiger partial charge in [-0.15, -0.1) is 0 Å². The van der Waals surface area contributed by atoms with Gasteiger partial charge in [0.2, 0.25) is 5.91 Å². The standard InChI is InChI=1S/C21H27FN4O2/c22-17-7-5-16(6-8-17)20-11-18(28-25-20)14-26-10-2-3-15(13-26)12-24-21(27)19-4-1-9-23-19/h5-8,11,15,19,23H,1-4,9-10,12-14H2,(H,24,27). The molecule has 2 saturated heterocycles. The van der Waals surface area contributed by atoms with Crippen molar-refractivity contribution < 1.29 is 13.7 Å². The molecular formula is C21H27FN4O2. The van der Waals surface area contributed by atoms with Crippen LogP contribution in [0.4, 0.5) is 4.39 Å². The summed E-state index contributed by atoms with van der Waals surface area (Å²) in [4.78, 5) is 14.5. The predicted molar refractivity (Wildman–Crippen MR) is 104 cm³/mol. The van der Waals surface area contributed by atoms with E-state index in [4.69, 9.17) is 4.52 Å². The van der Waals surface area contributed by atoms with E-state index in [9.17, 15) is 9.18 Å². The van der Waals surface area contributed by atoms with E-state index in [1.54, 1.807) is 12.1 Å². The van der Waals surface area contributed by atoms with Gasteiger partial charge in [0.25, 0.3) is 0 Å². The van der Waals surface area contributed by atoms with E-state index < -0.39 is 0 Å². The molecule has 3 heterocycles. The lowest BCUT2D eigenvalue weighted by Gasteiger charge is -2.32. The van der Waals surface area contributed by atoms with Gasteiger partial charge >= 0.3 is 0 Å². The Morgan fingerprint density at radius 3 is 2.93 bits per heavy atom. The number of hydrogen-bond acceptors (Lipinski definition) is 5. The third-order valence-electron chi connectivity index (χ3n) is 5.62. The second-order valence-electron chi connectivity index (χ2n) is 7.82. The molecule has 0 aliphatic carbocycles. The van der Waals surface area contributed by atoms with Gasteiger partial charge in [-0.05, 0) is 69.0 Å². The van der Waals surface area contributed by atoms with Gasteiger partial charge in [-0.2, -0.15) is 0 Å². The molecule has 6 nitrogen and oxygen atoms in total. The second-order valence-corrected chi connectivity index (χ2v) is 7.82. The summed E-state index contributed by atoms with van der Waals surface area (Å²) in [5.74, 6) is 1.13. The van der Waals surface area contributed by atoms with Gasteiger partial charge in [0.1, 0.15) is 11.5 Å². The SMILES string of the molecule is O=C(NCC1CCCN(Cc2cc(-c3ccc(F)cc3)no2)C1)C1CCCN1. The van der Waals surface area contributed by atoms with Crippen molar-refractivity contribution in [1.29, 1.82) is 0 Å². The van der Waals surface area contributed by atoms with Crippen LogP contribution in [-0.2, 0) is 11.3 Å². The highest BCUT2D eigenvalue weighted by Gasteiger charge is 2.25. The quantitative estimate of drug-likeness (QED) is 0.799. The molecule has 150 valence electrons. The molecular weight excluding hydrogens is 359 g/mol. The lowest BCUT2D eigenvalue weighted by Crippen LogP contribution is -2.45. The first kappa shape index (κ1) is 19.1. The molecule has 2 fully saturated rings. The van der Waals surface area contributed by atoms with Crippen molar-refractivity contribution in [2.24, 2.45) is 5.92 Å². The summed E-state index contributed by atoms with van der Waals surface area (Å²) in [7, 11) is 0. The Morgan fingerprint density at radius 1 is 1.29 bits per heavy atom. The molecule has 28 heavy (non-hydrogen) atoms. The van der Waals surface area contributed by atoms with Crippen LogP contribution in [0, 0.1) is 11.7 Å². The third kappa shape index (κ3) is 4.77. The molecule has 2 N–H and O–H groups in total.